The molecule has 212 valence electrons. The number of aromatic carboxylic acids is 1. The van der Waals surface area contributed by atoms with Gasteiger partial charge in [-0.15, -0.1) is 11.6 Å². The fraction of sp³-hybridized carbons (Fsp3) is 0.464. The van der Waals surface area contributed by atoms with Gasteiger partial charge in [0.05, 0.1) is 23.4 Å². The fourth-order valence-corrected chi connectivity index (χ4v) is 7.16. The molecule has 0 spiro atoms. The van der Waals surface area contributed by atoms with Crippen LogP contribution >= 0.6 is 34.5 Å². The van der Waals surface area contributed by atoms with E-state index in [1.807, 2.05) is 0 Å². The van der Waals surface area contributed by atoms with Crippen molar-refractivity contribution >= 4 is 61.4 Å². The van der Waals surface area contributed by atoms with Crippen LogP contribution in [0.4, 0.5) is 5.13 Å². The molecule has 40 heavy (non-hydrogen) atoms. The van der Waals surface area contributed by atoms with Crippen molar-refractivity contribution in [1.29, 1.82) is 0 Å². The maximum atomic E-state index is 11.5. The molecular weight excluding hydrogens is 573 g/mol. The largest absolute Gasteiger partial charge is 0.494 e. The van der Waals surface area contributed by atoms with E-state index in [1.165, 1.54) is 30.9 Å². The lowest BCUT2D eigenvalue weighted by molar-refractivity contribution is 0.0696. The van der Waals surface area contributed by atoms with E-state index in [2.05, 4.69) is 44.7 Å². The highest BCUT2D eigenvalue weighted by molar-refractivity contribution is 7.22. The second-order valence-corrected chi connectivity index (χ2v) is 11.9. The van der Waals surface area contributed by atoms with Gasteiger partial charge in [0, 0.05) is 53.5 Å². The van der Waals surface area contributed by atoms with Gasteiger partial charge in [-0.1, -0.05) is 40.2 Å². The standard InChI is InChI=1S/C27H28ClN5O4S.CH3Cl/c1-36-21-8-14(26(34)35)9-22-24(21)31-27(38-22)33-20-10-19(16(20)12-30-33)29-11-17-23(15-4-2-3-5-18(15)28)32-37-25(17)13-6-7-13;1-2/h2,4,8-9,13,16,19-20,29-30H,3,5-7,10-12H2,1H3,(H,34,35);1H3. The van der Waals surface area contributed by atoms with Gasteiger partial charge in [-0.25, -0.2) is 15.2 Å². The average molecular weight is 605 g/mol. The van der Waals surface area contributed by atoms with Gasteiger partial charge < -0.3 is 19.7 Å². The Kier molecular flexibility index (Phi) is 7.80. The molecule has 3 aliphatic carbocycles. The number of methoxy groups -OCH3 is 1. The van der Waals surface area contributed by atoms with Gasteiger partial charge in [0.25, 0.3) is 0 Å². The maximum absolute atomic E-state index is 11.5. The summed E-state index contributed by atoms with van der Waals surface area (Å²) in [6.45, 7) is 1.55. The number of ether oxygens (including phenoxy) is 1. The molecule has 4 aliphatic rings. The van der Waals surface area contributed by atoms with E-state index in [0.29, 0.717) is 41.7 Å². The first-order chi connectivity index (χ1) is 19.5. The van der Waals surface area contributed by atoms with Gasteiger partial charge >= 0.3 is 5.97 Å². The number of benzene rings is 1. The highest BCUT2D eigenvalue weighted by atomic mass is 35.5. The van der Waals surface area contributed by atoms with Gasteiger partial charge in [-0.05, 0) is 44.2 Å². The summed E-state index contributed by atoms with van der Waals surface area (Å²) in [6.07, 6.45) is 10.8. The number of anilines is 1. The van der Waals surface area contributed by atoms with Crippen molar-refractivity contribution in [1.82, 2.24) is 20.9 Å². The SMILES string of the molecule is CCl.COc1cc(C(=O)O)cc2sc(N3NCC4C(NCc5c(C6=C(Cl)CCC=C6)noc5C5CC5)CC43)nc12. The van der Waals surface area contributed by atoms with E-state index < -0.39 is 5.97 Å². The second-order valence-electron chi connectivity index (χ2n) is 10.4. The molecule has 7 rings (SSSR count). The van der Waals surface area contributed by atoms with E-state index in [-0.39, 0.29) is 5.56 Å². The topological polar surface area (TPSA) is 113 Å². The summed E-state index contributed by atoms with van der Waals surface area (Å²) in [5.41, 5.74) is 7.42. The number of carboxylic acids is 1. The monoisotopic (exact) mass is 603 g/mol. The molecule has 1 aliphatic heterocycles. The summed E-state index contributed by atoms with van der Waals surface area (Å²) in [5, 5.41) is 21.5. The van der Waals surface area contributed by atoms with Crippen LogP contribution in [0.2, 0.25) is 0 Å². The summed E-state index contributed by atoms with van der Waals surface area (Å²) in [4.78, 5) is 16.3. The number of rotatable bonds is 8. The van der Waals surface area contributed by atoms with Crippen LogP contribution in [0.3, 0.4) is 0 Å². The summed E-state index contributed by atoms with van der Waals surface area (Å²) in [5.74, 6) is 1.41. The number of nitrogens with one attached hydrogen (secondary N) is 2. The molecule has 3 atom stereocenters. The second kappa shape index (κ2) is 11.3. The van der Waals surface area contributed by atoms with Crippen LogP contribution in [0, 0.1) is 5.92 Å². The van der Waals surface area contributed by atoms with Crippen LogP contribution in [0.5, 0.6) is 5.75 Å². The predicted octanol–water partition coefficient (Wildman–Crippen LogP) is 5.89. The quantitative estimate of drug-likeness (QED) is 0.271. The molecule has 2 saturated carbocycles. The van der Waals surface area contributed by atoms with Crippen molar-refractivity contribution in [2.24, 2.45) is 5.92 Å². The number of thiazole rings is 1. The Morgan fingerprint density at radius 1 is 1.35 bits per heavy atom. The van der Waals surface area contributed by atoms with E-state index in [0.717, 1.165) is 76.1 Å². The van der Waals surface area contributed by atoms with Gasteiger partial charge in [-0.2, -0.15) is 0 Å². The Morgan fingerprint density at radius 3 is 2.90 bits per heavy atom. The van der Waals surface area contributed by atoms with Crippen LogP contribution in [-0.4, -0.2) is 53.3 Å². The molecule has 9 nitrogen and oxygen atoms in total. The van der Waals surface area contributed by atoms with Crippen LogP contribution in [-0.2, 0) is 6.54 Å². The zero-order valence-corrected chi connectivity index (χ0v) is 24.6. The number of fused-ring (bicyclic) bond motifs is 2. The van der Waals surface area contributed by atoms with Crippen molar-refractivity contribution in [2.75, 3.05) is 25.0 Å². The third-order valence-electron chi connectivity index (χ3n) is 8.13. The number of hydrazine groups is 1. The fourth-order valence-electron chi connectivity index (χ4n) is 5.84. The number of nitrogens with zero attached hydrogens (tertiary/aromatic N) is 3. The first-order valence-electron chi connectivity index (χ1n) is 13.4. The molecule has 1 aromatic carbocycles. The van der Waals surface area contributed by atoms with Gasteiger partial charge in [0.2, 0.25) is 5.13 Å². The lowest BCUT2D eigenvalue weighted by Gasteiger charge is -2.42. The Hall–Kier alpha value is -2.63. The third-order valence-corrected chi connectivity index (χ3v) is 9.52. The molecule has 3 N–H and O–H groups in total. The molecule has 1 saturated heterocycles. The Morgan fingerprint density at radius 2 is 2.17 bits per heavy atom. The van der Waals surface area contributed by atoms with Crippen molar-refractivity contribution in [3.8, 4) is 5.75 Å². The van der Waals surface area contributed by atoms with Crippen LogP contribution in [0.25, 0.3) is 15.8 Å². The number of carbonyl (C=O) groups is 1. The Balaban J connectivity index is 0.00000142. The molecule has 0 amide bonds. The molecule has 3 fully saturated rings. The number of halogens is 2. The van der Waals surface area contributed by atoms with Crippen LogP contribution in [0.15, 0.2) is 33.8 Å². The third kappa shape index (κ3) is 4.90. The molecule has 3 unspecified atom stereocenters. The molecule has 12 heteroatoms. The van der Waals surface area contributed by atoms with Crippen molar-refractivity contribution in [3.63, 3.8) is 0 Å². The molecule has 0 radical (unpaired) electrons. The molecular formula is C28H31Cl2N5O4S. The number of alkyl halides is 1. The number of hydrogen-bond acceptors (Lipinski definition) is 9. The Labute approximate surface area is 246 Å². The first-order valence-corrected chi connectivity index (χ1v) is 15.4. The summed E-state index contributed by atoms with van der Waals surface area (Å²) >= 11 is 12.7. The molecule has 2 aromatic heterocycles. The summed E-state index contributed by atoms with van der Waals surface area (Å²) in [6, 6.07) is 3.87. The number of aromatic nitrogens is 2. The van der Waals surface area contributed by atoms with Crippen molar-refractivity contribution in [3.05, 3.63) is 51.9 Å². The summed E-state index contributed by atoms with van der Waals surface area (Å²) in [7, 11) is 1.54. The minimum Gasteiger partial charge on any atom is -0.494 e. The normalized spacial score (nSPS) is 23.6. The number of carboxylic acid groups (broad SMARTS) is 1. The minimum absolute atomic E-state index is 0.198. The van der Waals surface area contributed by atoms with Crippen molar-refractivity contribution < 1.29 is 19.2 Å². The average Bonchev–Trinajstić information content (AvgIpc) is 3.42. The smallest absolute Gasteiger partial charge is 0.335 e. The van der Waals surface area contributed by atoms with Gasteiger partial charge in [0.1, 0.15) is 22.7 Å². The van der Waals surface area contributed by atoms with E-state index in [1.54, 1.807) is 6.07 Å². The van der Waals surface area contributed by atoms with Crippen molar-refractivity contribution in [2.45, 2.75) is 56.7 Å². The molecule has 3 aromatic rings. The zero-order valence-electron chi connectivity index (χ0n) is 22.2. The van der Waals surface area contributed by atoms with E-state index >= 15 is 0 Å². The molecule has 0 bridgehead atoms. The van der Waals surface area contributed by atoms with Gasteiger partial charge in [0.15, 0.2) is 0 Å². The zero-order chi connectivity index (χ0) is 28.0. The molecule has 3 heterocycles. The highest BCUT2D eigenvalue weighted by Gasteiger charge is 2.49. The van der Waals surface area contributed by atoms with E-state index in [4.69, 9.17) is 25.8 Å². The Bertz CT molecular complexity index is 1500. The number of hydrogen-bond donors (Lipinski definition) is 3. The minimum atomic E-state index is -0.980. The van der Waals surface area contributed by atoms with Crippen LogP contribution in [0.1, 0.15) is 65.4 Å². The van der Waals surface area contributed by atoms with Crippen LogP contribution < -0.4 is 20.5 Å². The highest BCUT2D eigenvalue weighted by Crippen LogP contribution is 2.45. The number of allylic oxidation sites excluding steroid dienone is 4. The summed E-state index contributed by atoms with van der Waals surface area (Å²) < 4.78 is 12.1. The van der Waals surface area contributed by atoms with E-state index in [9.17, 15) is 9.90 Å². The first kappa shape index (κ1) is 27.5. The lowest BCUT2D eigenvalue weighted by atomic mass is 9.75. The predicted molar refractivity (Wildman–Crippen MR) is 158 cm³/mol. The maximum Gasteiger partial charge on any atom is 0.335 e. The van der Waals surface area contributed by atoms with Gasteiger partial charge in [-0.3, -0.25) is 5.01 Å². The lowest BCUT2D eigenvalue weighted by Crippen LogP contribution is -2.56.